The van der Waals surface area contributed by atoms with Crippen molar-refractivity contribution in [3.63, 3.8) is 0 Å². The summed E-state index contributed by atoms with van der Waals surface area (Å²) < 4.78 is 0. The summed E-state index contributed by atoms with van der Waals surface area (Å²) >= 11 is 0. The third kappa shape index (κ3) is 1.42. The number of nitriles is 3. The zero-order valence-electron chi connectivity index (χ0n) is 7.33. The van der Waals surface area contributed by atoms with Crippen LogP contribution in [0.5, 0.6) is 0 Å². The third-order valence-corrected chi connectivity index (χ3v) is 1.70. The van der Waals surface area contributed by atoms with Crippen molar-refractivity contribution < 1.29 is 4.79 Å². The molecule has 1 heterocycles. The van der Waals surface area contributed by atoms with Crippen LogP contribution in [0.15, 0.2) is 22.4 Å². The number of nitrogens with one attached hydrogen (secondary N) is 1. The minimum Gasteiger partial charge on any atom is -0.318 e. The number of hydrogen-bond donors (Lipinski definition) is 1. The molecular formula is C10H2N4O. The van der Waals surface area contributed by atoms with E-state index in [0.29, 0.717) is 0 Å². The summed E-state index contributed by atoms with van der Waals surface area (Å²) in [7, 11) is 0. The molecule has 1 aliphatic heterocycles. The highest BCUT2D eigenvalue weighted by Crippen LogP contribution is 2.21. The Morgan fingerprint density at radius 3 is 2.20 bits per heavy atom. The molecule has 0 radical (unpaired) electrons. The number of carbonyl (C=O) groups excluding carboxylic acids is 1. The van der Waals surface area contributed by atoms with Crippen LogP contribution in [0.2, 0.25) is 0 Å². The van der Waals surface area contributed by atoms with Crippen LogP contribution in [0.25, 0.3) is 0 Å². The van der Waals surface area contributed by atoms with Gasteiger partial charge in [-0.05, 0) is 0 Å². The zero-order valence-corrected chi connectivity index (χ0v) is 7.33. The van der Waals surface area contributed by atoms with Crippen LogP contribution >= 0.6 is 0 Å². The lowest BCUT2D eigenvalue weighted by Crippen LogP contribution is -2.17. The first-order chi connectivity index (χ1) is 7.19. The van der Waals surface area contributed by atoms with E-state index in [1.54, 1.807) is 18.2 Å². The fourth-order valence-electron chi connectivity index (χ4n) is 1.05. The van der Waals surface area contributed by atoms with E-state index >= 15 is 0 Å². The van der Waals surface area contributed by atoms with Gasteiger partial charge >= 0.3 is 0 Å². The number of hydrogen-bond acceptors (Lipinski definition) is 4. The van der Waals surface area contributed by atoms with Crippen molar-refractivity contribution in [2.24, 2.45) is 0 Å². The lowest BCUT2D eigenvalue weighted by Gasteiger charge is -1.96. The minimum atomic E-state index is -0.691. The predicted molar refractivity (Wildman–Crippen MR) is 47.9 cm³/mol. The quantitative estimate of drug-likeness (QED) is 0.428. The van der Waals surface area contributed by atoms with E-state index in [1.807, 2.05) is 0 Å². The van der Waals surface area contributed by atoms with Gasteiger partial charge in [0.15, 0.2) is 5.57 Å². The molecule has 0 saturated carbocycles. The maximum Gasteiger partial charge on any atom is 0.267 e. The smallest absolute Gasteiger partial charge is 0.267 e. The van der Waals surface area contributed by atoms with E-state index in [0.717, 1.165) is 0 Å². The predicted octanol–water partition coefficient (Wildman–Crippen LogP) is -0.129. The van der Waals surface area contributed by atoms with Crippen LogP contribution < -0.4 is 5.32 Å². The normalized spacial score (nSPS) is 13.3. The highest BCUT2D eigenvalue weighted by molar-refractivity contribution is 6.05. The molecule has 0 unspecified atom stereocenters. The lowest BCUT2D eigenvalue weighted by atomic mass is 10.1. The summed E-state index contributed by atoms with van der Waals surface area (Å²) in [6.45, 7) is 0. The molecule has 1 N–H and O–H groups in total. The van der Waals surface area contributed by atoms with Crippen molar-refractivity contribution in [3.05, 3.63) is 22.4 Å². The summed E-state index contributed by atoms with van der Waals surface area (Å²) in [5.41, 5.74) is -0.679. The van der Waals surface area contributed by atoms with Gasteiger partial charge < -0.3 is 5.32 Å². The van der Waals surface area contributed by atoms with Crippen molar-refractivity contribution in [1.29, 1.82) is 15.8 Å². The summed E-state index contributed by atoms with van der Waals surface area (Å²) in [5.74, 6) is 1.42. The minimum absolute atomic E-state index is 0.0411. The molecule has 5 nitrogen and oxygen atoms in total. The average Bonchev–Trinajstić information content (AvgIpc) is 2.56. The van der Waals surface area contributed by atoms with E-state index in [-0.39, 0.29) is 22.4 Å². The van der Waals surface area contributed by atoms with Gasteiger partial charge in [0.2, 0.25) is 0 Å². The van der Waals surface area contributed by atoms with Gasteiger partial charge in [-0.1, -0.05) is 5.92 Å². The standard InChI is InChI=1S/C10H2N4O/c1-2-7-8(5-13)10(15)14-9(7)6(3-11)4-12/h1H,(H,14,15). The summed E-state index contributed by atoms with van der Waals surface area (Å²) in [4.78, 5) is 11.2. The van der Waals surface area contributed by atoms with Crippen LogP contribution in [0.1, 0.15) is 0 Å². The van der Waals surface area contributed by atoms with Crippen molar-refractivity contribution in [2.45, 2.75) is 0 Å². The van der Waals surface area contributed by atoms with Gasteiger partial charge in [-0.2, -0.15) is 15.8 Å². The van der Waals surface area contributed by atoms with E-state index in [2.05, 4.69) is 11.2 Å². The van der Waals surface area contributed by atoms with Crippen molar-refractivity contribution in [2.75, 3.05) is 0 Å². The topological polar surface area (TPSA) is 100 Å². The summed E-state index contributed by atoms with van der Waals surface area (Å²) in [6, 6.07) is 4.80. The molecule has 1 aliphatic rings. The SMILES string of the molecule is C#CC1=C(C#N)C(=O)NC1=C(C#N)C#N. The Kier molecular flexibility index (Phi) is 2.54. The molecule has 0 fully saturated rings. The van der Waals surface area contributed by atoms with E-state index in [9.17, 15) is 4.79 Å². The van der Waals surface area contributed by atoms with E-state index in [1.165, 1.54) is 0 Å². The third-order valence-electron chi connectivity index (χ3n) is 1.70. The lowest BCUT2D eigenvalue weighted by molar-refractivity contribution is -0.115. The molecule has 0 spiro atoms. The number of rotatable bonds is 0. The Balaban J connectivity index is 3.54. The second-order valence-electron chi connectivity index (χ2n) is 2.43. The fourth-order valence-corrected chi connectivity index (χ4v) is 1.05. The Labute approximate surface area is 85.5 Å². The van der Waals surface area contributed by atoms with Crippen LogP contribution in [0.3, 0.4) is 0 Å². The monoisotopic (exact) mass is 194 g/mol. The highest BCUT2D eigenvalue weighted by Gasteiger charge is 2.28. The van der Waals surface area contributed by atoms with E-state index < -0.39 is 5.91 Å². The van der Waals surface area contributed by atoms with Gasteiger partial charge in [0.05, 0.1) is 11.3 Å². The first kappa shape index (κ1) is 10.1. The molecule has 0 saturated heterocycles. The summed E-state index contributed by atoms with van der Waals surface area (Å²) in [5, 5.41) is 28.0. The highest BCUT2D eigenvalue weighted by atomic mass is 16.1. The number of amides is 1. The molecule has 15 heavy (non-hydrogen) atoms. The van der Waals surface area contributed by atoms with Crippen LogP contribution in [-0.2, 0) is 4.79 Å². The van der Waals surface area contributed by atoms with Gasteiger partial charge in [-0.15, -0.1) is 6.42 Å². The first-order valence-corrected chi connectivity index (χ1v) is 3.66. The number of nitrogens with zero attached hydrogens (tertiary/aromatic N) is 3. The van der Waals surface area contributed by atoms with Crippen LogP contribution in [-0.4, -0.2) is 5.91 Å². The maximum atomic E-state index is 11.2. The molecule has 0 atom stereocenters. The van der Waals surface area contributed by atoms with Crippen LogP contribution in [0.4, 0.5) is 0 Å². The van der Waals surface area contributed by atoms with Crippen molar-refractivity contribution >= 4 is 5.91 Å². The fraction of sp³-hybridized carbons (Fsp3) is 0. The average molecular weight is 194 g/mol. The second kappa shape index (κ2) is 3.79. The van der Waals surface area contributed by atoms with Gasteiger partial charge in [0, 0.05) is 0 Å². The first-order valence-electron chi connectivity index (χ1n) is 3.66. The Morgan fingerprint density at radius 1 is 1.20 bits per heavy atom. The number of terminal acetylenes is 1. The molecule has 1 amide bonds. The summed E-state index contributed by atoms with van der Waals surface area (Å²) in [6.07, 6.45) is 5.10. The maximum absolute atomic E-state index is 11.2. The molecule has 5 heteroatoms. The molecular weight excluding hydrogens is 192 g/mol. The Hall–Kier alpha value is -3.02. The molecule has 68 valence electrons. The zero-order chi connectivity index (χ0) is 11.4. The molecule has 0 aromatic carbocycles. The number of carbonyl (C=O) groups is 1. The second-order valence-corrected chi connectivity index (χ2v) is 2.43. The number of allylic oxidation sites excluding steroid dienone is 2. The van der Waals surface area contributed by atoms with Gasteiger partial charge in [0.1, 0.15) is 23.8 Å². The van der Waals surface area contributed by atoms with Crippen LogP contribution in [0, 0.1) is 46.3 Å². The molecule has 1 rings (SSSR count). The van der Waals surface area contributed by atoms with Crippen molar-refractivity contribution in [3.8, 4) is 30.6 Å². The Morgan fingerprint density at radius 2 is 1.80 bits per heavy atom. The Bertz CT molecular complexity index is 551. The largest absolute Gasteiger partial charge is 0.318 e. The molecule has 0 aromatic rings. The molecule has 0 bridgehead atoms. The van der Waals surface area contributed by atoms with E-state index in [4.69, 9.17) is 22.2 Å². The van der Waals surface area contributed by atoms with Gasteiger partial charge in [0.25, 0.3) is 5.91 Å². The molecule has 0 aromatic heterocycles. The van der Waals surface area contributed by atoms with Gasteiger partial charge in [-0.3, -0.25) is 4.79 Å². The van der Waals surface area contributed by atoms with Crippen molar-refractivity contribution in [1.82, 2.24) is 5.32 Å². The van der Waals surface area contributed by atoms with Gasteiger partial charge in [-0.25, -0.2) is 0 Å². The molecule has 0 aliphatic carbocycles.